The number of halogens is 1. The van der Waals surface area contributed by atoms with E-state index in [0.717, 1.165) is 16.7 Å². The van der Waals surface area contributed by atoms with E-state index in [1.165, 1.54) is 11.3 Å². The van der Waals surface area contributed by atoms with E-state index in [9.17, 15) is 14.4 Å². The van der Waals surface area contributed by atoms with E-state index in [1.807, 2.05) is 42.5 Å². The molecule has 0 saturated carbocycles. The monoisotopic (exact) mass is 489 g/mol. The summed E-state index contributed by atoms with van der Waals surface area (Å²) >= 11 is 7.13. The van der Waals surface area contributed by atoms with Gasteiger partial charge in [0.25, 0.3) is 17.4 Å². The average molecular weight is 490 g/mol. The maximum absolute atomic E-state index is 13.3. The maximum atomic E-state index is 13.3. The van der Waals surface area contributed by atoms with Gasteiger partial charge in [-0.15, -0.1) is 11.3 Å². The van der Waals surface area contributed by atoms with Crippen molar-refractivity contribution in [1.82, 2.24) is 9.47 Å². The predicted molar refractivity (Wildman–Crippen MR) is 134 cm³/mol. The Morgan fingerprint density at radius 3 is 2.68 bits per heavy atom. The Balaban J connectivity index is 1.38. The molecule has 0 aliphatic carbocycles. The minimum atomic E-state index is -0.298. The van der Waals surface area contributed by atoms with Crippen LogP contribution in [0.5, 0.6) is 0 Å². The molecule has 0 atom stereocenters. The molecular weight excluding hydrogens is 470 g/mol. The first-order chi connectivity index (χ1) is 16.4. The van der Waals surface area contributed by atoms with E-state index in [4.69, 9.17) is 11.6 Å². The van der Waals surface area contributed by atoms with Crippen molar-refractivity contribution < 1.29 is 9.59 Å². The lowest BCUT2D eigenvalue weighted by Crippen LogP contribution is -2.24. The van der Waals surface area contributed by atoms with Crippen molar-refractivity contribution in [1.29, 1.82) is 0 Å². The molecule has 170 valence electrons. The summed E-state index contributed by atoms with van der Waals surface area (Å²) in [6.07, 6.45) is 1.72. The summed E-state index contributed by atoms with van der Waals surface area (Å²) in [6.45, 7) is 0.836. The molecule has 2 aromatic heterocycles. The number of thiophene rings is 1. The van der Waals surface area contributed by atoms with Crippen LogP contribution < -0.4 is 10.9 Å². The highest BCUT2D eigenvalue weighted by Gasteiger charge is 2.30. The zero-order chi connectivity index (χ0) is 23.8. The van der Waals surface area contributed by atoms with Crippen LogP contribution in [0.25, 0.3) is 11.1 Å². The lowest BCUT2D eigenvalue weighted by atomic mass is 10.0. The number of hydrogen-bond acceptors (Lipinski definition) is 4. The fraction of sp³-hybridized carbons (Fsp3) is 0.115. The van der Waals surface area contributed by atoms with E-state index in [-0.39, 0.29) is 17.4 Å². The minimum Gasteiger partial charge on any atom is -0.330 e. The quantitative estimate of drug-likeness (QED) is 0.420. The van der Waals surface area contributed by atoms with Gasteiger partial charge in [-0.25, -0.2) is 0 Å². The fourth-order valence-electron chi connectivity index (χ4n) is 4.15. The Morgan fingerprint density at radius 1 is 1.06 bits per heavy atom. The number of fused-ring (bicyclic) bond motifs is 1. The molecule has 2 aromatic carbocycles. The Bertz CT molecular complexity index is 1490. The molecule has 4 aromatic rings. The largest absolute Gasteiger partial charge is 0.330 e. The lowest BCUT2D eigenvalue weighted by molar-refractivity contribution is 0.0767. The van der Waals surface area contributed by atoms with Gasteiger partial charge in [-0.05, 0) is 53.1 Å². The summed E-state index contributed by atoms with van der Waals surface area (Å²) in [5.74, 6) is -0.440. The molecule has 8 heteroatoms. The van der Waals surface area contributed by atoms with Gasteiger partial charge in [0, 0.05) is 31.9 Å². The van der Waals surface area contributed by atoms with E-state index in [2.05, 4.69) is 5.32 Å². The summed E-state index contributed by atoms with van der Waals surface area (Å²) in [4.78, 5) is 40.7. The highest BCUT2D eigenvalue weighted by atomic mass is 35.5. The van der Waals surface area contributed by atoms with Crippen LogP contribution >= 0.6 is 22.9 Å². The van der Waals surface area contributed by atoms with Crippen LogP contribution in [0.3, 0.4) is 0 Å². The summed E-state index contributed by atoms with van der Waals surface area (Å²) in [5, 5.41) is 2.86. The molecule has 3 heterocycles. The van der Waals surface area contributed by atoms with Crippen LogP contribution in [0, 0.1) is 0 Å². The van der Waals surface area contributed by atoms with Crippen LogP contribution in [0.1, 0.15) is 31.2 Å². The van der Waals surface area contributed by atoms with E-state index in [1.54, 1.807) is 47.0 Å². The van der Waals surface area contributed by atoms with Crippen LogP contribution in [0.15, 0.2) is 77.7 Å². The lowest BCUT2D eigenvalue weighted by Gasteiger charge is -2.16. The van der Waals surface area contributed by atoms with Crippen molar-refractivity contribution in [2.45, 2.75) is 13.1 Å². The first-order valence-electron chi connectivity index (χ1n) is 10.6. The van der Waals surface area contributed by atoms with Gasteiger partial charge >= 0.3 is 0 Å². The van der Waals surface area contributed by atoms with Crippen molar-refractivity contribution in [3.63, 3.8) is 0 Å². The molecule has 0 bridgehead atoms. The van der Waals surface area contributed by atoms with Crippen LogP contribution in [-0.4, -0.2) is 21.3 Å². The summed E-state index contributed by atoms with van der Waals surface area (Å²) < 4.78 is 2.07. The highest BCUT2D eigenvalue weighted by molar-refractivity contribution is 7.18. The summed E-state index contributed by atoms with van der Waals surface area (Å²) in [6, 6.07) is 20.1. The predicted octanol–water partition coefficient (Wildman–Crippen LogP) is 5.18. The average Bonchev–Trinajstić information content (AvgIpc) is 3.40. The van der Waals surface area contributed by atoms with Gasteiger partial charge in [0.2, 0.25) is 0 Å². The van der Waals surface area contributed by atoms with Gasteiger partial charge in [0.15, 0.2) is 0 Å². The van der Waals surface area contributed by atoms with Crippen molar-refractivity contribution in [2.24, 2.45) is 7.05 Å². The third-order valence-corrected chi connectivity index (χ3v) is 7.02. The second-order valence-corrected chi connectivity index (χ2v) is 9.81. The Labute approximate surface area is 205 Å². The molecule has 0 spiro atoms. The molecule has 34 heavy (non-hydrogen) atoms. The molecule has 1 N–H and O–H groups in total. The second kappa shape index (κ2) is 8.93. The van der Waals surface area contributed by atoms with Gasteiger partial charge in [0.05, 0.1) is 20.5 Å². The van der Waals surface area contributed by atoms with Crippen molar-refractivity contribution in [2.75, 3.05) is 5.32 Å². The van der Waals surface area contributed by atoms with Crippen molar-refractivity contribution in [3.05, 3.63) is 109 Å². The normalized spacial score (nSPS) is 12.6. The van der Waals surface area contributed by atoms with E-state index in [0.29, 0.717) is 39.1 Å². The molecule has 0 fully saturated rings. The number of nitrogens with zero attached hydrogens (tertiary/aromatic N) is 2. The zero-order valence-corrected chi connectivity index (χ0v) is 19.8. The van der Waals surface area contributed by atoms with Gasteiger partial charge < -0.3 is 14.8 Å². The fourth-order valence-corrected chi connectivity index (χ4v) is 5.09. The topological polar surface area (TPSA) is 71.4 Å². The highest BCUT2D eigenvalue weighted by Crippen LogP contribution is 2.32. The van der Waals surface area contributed by atoms with Crippen molar-refractivity contribution in [3.8, 4) is 11.1 Å². The molecule has 5 rings (SSSR count). The molecule has 1 aliphatic heterocycles. The van der Waals surface area contributed by atoms with Crippen LogP contribution in [0.4, 0.5) is 5.69 Å². The third-order valence-electron chi connectivity index (χ3n) is 5.79. The first kappa shape index (κ1) is 22.1. The number of nitrogens with one attached hydrogen (secondary N) is 1. The van der Waals surface area contributed by atoms with Gasteiger partial charge in [0.1, 0.15) is 0 Å². The smallest absolute Gasteiger partial charge is 0.265 e. The van der Waals surface area contributed by atoms with Crippen LogP contribution in [-0.2, 0) is 20.1 Å². The Kier molecular flexibility index (Phi) is 5.81. The maximum Gasteiger partial charge on any atom is 0.265 e. The molecule has 6 nitrogen and oxygen atoms in total. The molecule has 1 aliphatic rings. The number of carbonyl (C=O) groups excluding carboxylic acids is 2. The number of anilines is 1. The Morgan fingerprint density at radius 2 is 1.88 bits per heavy atom. The molecule has 0 unspecified atom stereocenters. The summed E-state index contributed by atoms with van der Waals surface area (Å²) in [5.41, 5.74) is 4.12. The number of rotatable bonds is 5. The molecule has 2 amide bonds. The number of aromatic nitrogens is 1. The van der Waals surface area contributed by atoms with Crippen LogP contribution in [0.2, 0.25) is 4.34 Å². The number of carbonyl (C=O) groups is 2. The first-order valence-corrected chi connectivity index (χ1v) is 11.8. The van der Waals surface area contributed by atoms with E-state index < -0.39 is 0 Å². The van der Waals surface area contributed by atoms with Gasteiger partial charge in [-0.3, -0.25) is 14.4 Å². The Hall–Kier alpha value is -3.68. The third kappa shape index (κ3) is 4.16. The van der Waals surface area contributed by atoms with E-state index >= 15 is 0 Å². The standard InChI is InChI=1S/C26H20ClN3O3S/c1-29-12-4-8-19(25(29)32)17-6-2-5-16(13-17)14-30-15-18-7-3-9-20(23(18)26(30)33)28-24(31)21-10-11-22(27)34-21/h2-13H,14-15H2,1H3,(H,28,31). The summed E-state index contributed by atoms with van der Waals surface area (Å²) in [7, 11) is 1.72. The molecule has 0 saturated heterocycles. The number of benzene rings is 2. The number of hydrogen-bond donors (Lipinski definition) is 1. The van der Waals surface area contributed by atoms with Gasteiger partial charge in [-0.1, -0.05) is 41.9 Å². The molecule has 0 radical (unpaired) electrons. The number of pyridine rings is 1. The zero-order valence-electron chi connectivity index (χ0n) is 18.2. The number of amides is 2. The SMILES string of the molecule is Cn1cccc(-c2cccc(CN3Cc4cccc(NC(=O)c5ccc(Cl)s5)c4C3=O)c2)c1=O. The minimum absolute atomic E-state index is 0.0725. The van der Waals surface area contributed by atoms with Gasteiger partial charge in [-0.2, -0.15) is 0 Å². The van der Waals surface area contributed by atoms with Crippen molar-refractivity contribution >= 4 is 40.4 Å². The number of aryl methyl sites for hydroxylation is 1. The molecular formula is C26H20ClN3O3S. The second-order valence-electron chi connectivity index (χ2n) is 8.10.